The normalized spacial score (nSPS) is 26.1. The molecule has 2 heterocycles. The highest BCUT2D eigenvalue weighted by molar-refractivity contribution is 5.81. The first-order chi connectivity index (χ1) is 9.61. The van der Waals surface area contributed by atoms with Crippen molar-refractivity contribution in [2.75, 3.05) is 33.0 Å². The quantitative estimate of drug-likeness (QED) is 0.704. The number of ether oxygens (including phenoxy) is 3. The molecule has 0 aromatic rings. The zero-order valence-corrected chi connectivity index (χ0v) is 11.6. The number of rotatable bonds is 6. The molecule has 0 aromatic heterocycles. The van der Waals surface area contributed by atoms with E-state index in [0.29, 0.717) is 19.8 Å². The van der Waals surface area contributed by atoms with Crippen molar-refractivity contribution in [2.24, 2.45) is 5.92 Å². The fraction of sp³-hybridized carbons (Fsp3) is 0.929. The maximum atomic E-state index is 12.1. The molecule has 2 rings (SSSR count). The smallest absolute Gasteiger partial charge is 0.261 e. The molecule has 0 saturated carbocycles. The summed E-state index contributed by atoms with van der Waals surface area (Å²) >= 11 is 0. The summed E-state index contributed by atoms with van der Waals surface area (Å²) in [5.74, 6) is 0.0745. The monoisotopic (exact) mass is 292 g/mol. The Bertz CT molecular complexity index is 311. The van der Waals surface area contributed by atoms with Crippen LogP contribution in [0.3, 0.4) is 0 Å². The Kier molecular flexibility index (Phi) is 5.86. The zero-order chi connectivity index (χ0) is 14.4. The number of hydrogen-bond donors (Lipinski definition) is 0. The third-order valence-electron chi connectivity index (χ3n) is 4.09. The summed E-state index contributed by atoms with van der Waals surface area (Å²) in [5, 5.41) is 0. The third-order valence-corrected chi connectivity index (χ3v) is 4.09. The molecule has 2 aliphatic heterocycles. The summed E-state index contributed by atoms with van der Waals surface area (Å²) in [6, 6.07) is 0. The number of hydrogen-bond acceptors (Lipinski definition) is 4. The number of alkyl halides is 2. The molecule has 6 heteroatoms. The fourth-order valence-corrected chi connectivity index (χ4v) is 2.94. The molecule has 2 fully saturated rings. The van der Waals surface area contributed by atoms with E-state index in [1.807, 2.05) is 0 Å². The number of ketones is 1. The van der Waals surface area contributed by atoms with Crippen molar-refractivity contribution in [1.82, 2.24) is 0 Å². The molecule has 1 unspecified atom stereocenters. The minimum atomic E-state index is -2.47. The number of halogens is 2. The van der Waals surface area contributed by atoms with Gasteiger partial charge in [0.15, 0.2) is 0 Å². The summed E-state index contributed by atoms with van der Waals surface area (Å²) in [4.78, 5) is 12.1. The van der Waals surface area contributed by atoms with Crippen molar-refractivity contribution in [1.29, 1.82) is 0 Å². The first-order valence-corrected chi connectivity index (χ1v) is 7.22. The minimum absolute atomic E-state index is 0.0306. The van der Waals surface area contributed by atoms with Crippen molar-refractivity contribution in [2.45, 2.75) is 44.1 Å². The van der Waals surface area contributed by atoms with Crippen molar-refractivity contribution < 1.29 is 27.8 Å². The SMILES string of the molecule is O=C(CCOCC(F)F)C1CCOC2(CCOCC2)C1. The number of carbonyl (C=O) groups is 1. The molecular formula is C14H22F2O4. The Morgan fingerprint density at radius 2 is 2.05 bits per heavy atom. The van der Waals surface area contributed by atoms with Crippen molar-refractivity contribution >= 4 is 5.78 Å². The van der Waals surface area contributed by atoms with E-state index in [9.17, 15) is 13.6 Å². The van der Waals surface area contributed by atoms with Crippen molar-refractivity contribution in [3.05, 3.63) is 0 Å². The van der Waals surface area contributed by atoms with Crippen molar-refractivity contribution in [3.8, 4) is 0 Å². The van der Waals surface area contributed by atoms with Crippen LogP contribution >= 0.6 is 0 Å². The van der Waals surface area contributed by atoms with Gasteiger partial charge in [-0.1, -0.05) is 0 Å². The van der Waals surface area contributed by atoms with Gasteiger partial charge in [-0.25, -0.2) is 8.78 Å². The highest BCUT2D eigenvalue weighted by Gasteiger charge is 2.40. The summed E-state index contributed by atoms with van der Waals surface area (Å²) in [6.45, 7) is 1.43. The van der Waals surface area contributed by atoms with Gasteiger partial charge in [0, 0.05) is 32.2 Å². The van der Waals surface area contributed by atoms with Gasteiger partial charge in [-0.2, -0.15) is 0 Å². The van der Waals surface area contributed by atoms with Crippen LogP contribution in [0.4, 0.5) is 8.78 Å². The lowest BCUT2D eigenvalue weighted by atomic mass is 9.78. The van der Waals surface area contributed by atoms with Gasteiger partial charge < -0.3 is 14.2 Å². The summed E-state index contributed by atoms with van der Waals surface area (Å²) < 4.78 is 39.8. The van der Waals surface area contributed by atoms with Crippen LogP contribution in [0.5, 0.6) is 0 Å². The Labute approximate surface area is 117 Å². The first-order valence-electron chi connectivity index (χ1n) is 7.22. The number of carbonyl (C=O) groups excluding carboxylic acids is 1. The van der Waals surface area contributed by atoms with Crippen LogP contribution in [0.2, 0.25) is 0 Å². The van der Waals surface area contributed by atoms with Crippen LogP contribution in [0.1, 0.15) is 32.1 Å². The van der Waals surface area contributed by atoms with Gasteiger partial charge in [-0.3, -0.25) is 4.79 Å². The molecule has 116 valence electrons. The molecule has 1 spiro atoms. The molecule has 0 N–H and O–H groups in total. The molecule has 0 aromatic carbocycles. The van der Waals surface area contributed by atoms with Crippen LogP contribution in [0, 0.1) is 5.92 Å². The van der Waals surface area contributed by atoms with Gasteiger partial charge in [-0.15, -0.1) is 0 Å². The topological polar surface area (TPSA) is 44.8 Å². The molecule has 20 heavy (non-hydrogen) atoms. The Hall–Kier alpha value is -0.590. The fourth-order valence-electron chi connectivity index (χ4n) is 2.94. The van der Waals surface area contributed by atoms with E-state index in [0.717, 1.165) is 25.7 Å². The molecule has 0 bridgehead atoms. The molecule has 4 nitrogen and oxygen atoms in total. The highest BCUT2D eigenvalue weighted by Crippen LogP contribution is 2.37. The predicted octanol–water partition coefficient (Wildman–Crippen LogP) is 2.20. The van der Waals surface area contributed by atoms with E-state index in [4.69, 9.17) is 14.2 Å². The summed E-state index contributed by atoms with van der Waals surface area (Å²) in [5.41, 5.74) is -0.208. The third kappa shape index (κ3) is 4.46. The lowest BCUT2D eigenvalue weighted by Crippen LogP contribution is -2.46. The lowest BCUT2D eigenvalue weighted by molar-refractivity contribution is -0.157. The number of Topliss-reactive ketones (excluding diaryl/α,β-unsaturated/α-hetero) is 1. The van der Waals surface area contributed by atoms with Gasteiger partial charge in [0.2, 0.25) is 0 Å². The van der Waals surface area contributed by atoms with Crippen LogP contribution in [0.15, 0.2) is 0 Å². The Balaban J connectivity index is 1.75. The minimum Gasteiger partial charge on any atom is -0.381 e. The predicted molar refractivity (Wildman–Crippen MR) is 67.9 cm³/mol. The van der Waals surface area contributed by atoms with E-state index < -0.39 is 13.0 Å². The van der Waals surface area contributed by atoms with Gasteiger partial charge in [0.25, 0.3) is 6.43 Å². The molecule has 0 aliphatic carbocycles. The van der Waals surface area contributed by atoms with E-state index in [2.05, 4.69) is 0 Å². The Morgan fingerprint density at radius 1 is 1.30 bits per heavy atom. The largest absolute Gasteiger partial charge is 0.381 e. The molecule has 0 amide bonds. The molecular weight excluding hydrogens is 270 g/mol. The summed E-state index contributed by atoms with van der Waals surface area (Å²) in [6.07, 6.45) is 0.848. The van der Waals surface area contributed by atoms with Gasteiger partial charge in [-0.05, 0) is 25.7 Å². The Morgan fingerprint density at radius 3 is 2.75 bits per heavy atom. The van der Waals surface area contributed by atoms with Gasteiger partial charge in [0.1, 0.15) is 12.4 Å². The lowest BCUT2D eigenvalue weighted by Gasteiger charge is -2.42. The van der Waals surface area contributed by atoms with Crippen LogP contribution in [0.25, 0.3) is 0 Å². The maximum Gasteiger partial charge on any atom is 0.261 e. The van der Waals surface area contributed by atoms with Gasteiger partial charge >= 0.3 is 0 Å². The van der Waals surface area contributed by atoms with E-state index in [1.54, 1.807) is 0 Å². The van der Waals surface area contributed by atoms with Crippen LogP contribution < -0.4 is 0 Å². The molecule has 0 radical (unpaired) electrons. The second-order valence-corrected chi connectivity index (χ2v) is 5.52. The van der Waals surface area contributed by atoms with Gasteiger partial charge in [0.05, 0.1) is 12.2 Å². The second kappa shape index (κ2) is 7.43. The molecule has 2 saturated heterocycles. The standard InChI is InChI=1S/C14H22F2O4/c15-13(16)10-19-5-2-12(17)11-1-6-20-14(9-11)3-7-18-8-4-14/h11,13H,1-10H2. The zero-order valence-electron chi connectivity index (χ0n) is 11.6. The average molecular weight is 292 g/mol. The maximum absolute atomic E-state index is 12.1. The van der Waals surface area contributed by atoms with Crippen molar-refractivity contribution in [3.63, 3.8) is 0 Å². The molecule has 2 aliphatic rings. The van der Waals surface area contributed by atoms with E-state index >= 15 is 0 Å². The van der Waals surface area contributed by atoms with E-state index in [-0.39, 0.29) is 30.3 Å². The highest BCUT2D eigenvalue weighted by atomic mass is 19.3. The first kappa shape index (κ1) is 15.8. The van der Waals surface area contributed by atoms with Crippen LogP contribution in [-0.4, -0.2) is 50.8 Å². The average Bonchev–Trinajstić information content (AvgIpc) is 2.44. The van der Waals surface area contributed by atoms with Crippen LogP contribution in [-0.2, 0) is 19.0 Å². The molecule has 1 atom stereocenters. The summed E-state index contributed by atoms with van der Waals surface area (Å²) in [7, 11) is 0. The second-order valence-electron chi connectivity index (χ2n) is 5.52. The van der Waals surface area contributed by atoms with E-state index in [1.165, 1.54) is 0 Å².